The molecule has 0 aromatic heterocycles. The van der Waals surface area contributed by atoms with Gasteiger partial charge in [-0.3, -0.25) is 9.69 Å². The van der Waals surface area contributed by atoms with Gasteiger partial charge in [0.1, 0.15) is 11.9 Å². The van der Waals surface area contributed by atoms with Gasteiger partial charge >= 0.3 is 0 Å². The number of nitrogens with zero attached hydrogens (tertiary/aromatic N) is 1. The molecule has 6 heteroatoms. The van der Waals surface area contributed by atoms with Crippen LogP contribution in [0.25, 0.3) is 0 Å². The number of carbonyl (C=O) groups excluding carboxylic acids is 1. The number of anilines is 1. The van der Waals surface area contributed by atoms with Crippen molar-refractivity contribution in [2.24, 2.45) is 0 Å². The molecule has 1 aliphatic heterocycles. The quantitative estimate of drug-likeness (QED) is 0.799. The number of amides is 1. The van der Waals surface area contributed by atoms with Gasteiger partial charge in [0.2, 0.25) is 5.91 Å². The molecule has 0 aliphatic carbocycles. The minimum atomic E-state index is -0.374. The third-order valence-electron chi connectivity index (χ3n) is 3.34. The van der Waals surface area contributed by atoms with E-state index < -0.39 is 0 Å². The van der Waals surface area contributed by atoms with E-state index in [1.807, 2.05) is 11.8 Å². The van der Waals surface area contributed by atoms with Crippen molar-refractivity contribution in [2.45, 2.75) is 19.5 Å². The topological polar surface area (TPSA) is 67.6 Å². The van der Waals surface area contributed by atoms with Crippen molar-refractivity contribution in [2.75, 3.05) is 32.0 Å². The Bertz CT molecular complexity index is 481. The van der Waals surface area contributed by atoms with E-state index >= 15 is 0 Å². The van der Waals surface area contributed by atoms with Crippen LogP contribution in [0.2, 0.25) is 0 Å². The molecule has 1 fully saturated rings. The predicted octanol–water partition coefficient (Wildman–Crippen LogP) is 0.745. The van der Waals surface area contributed by atoms with Gasteiger partial charge in [0.05, 0.1) is 13.2 Å². The Morgan fingerprint density at radius 2 is 2.40 bits per heavy atom. The summed E-state index contributed by atoms with van der Waals surface area (Å²) in [5.74, 6) is -0.422. The Morgan fingerprint density at radius 1 is 1.60 bits per heavy atom. The summed E-state index contributed by atoms with van der Waals surface area (Å²) in [4.78, 5) is 13.9. The van der Waals surface area contributed by atoms with Crippen LogP contribution in [0.1, 0.15) is 12.5 Å². The van der Waals surface area contributed by atoms with Gasteiger partial charge in [0, 0.05) is 30.9 Å². The summed E-state index contributed by atoms with van der Waals surface area (Å²) in [6, 6.07) is 4.26. The first-order valence-electron chi connectivity index (χ1n) is 6.75. The molecular formula is C14H20FN3O2. The molecule has 2 rings (SSSR count). The van der Waals surface area contributed by atoms with Crippen LogP contribution < -0.4 is 11.1 Å². The highest BCUT2D eigenvalue weighted by Gasteiger charge is 2.29. The second-order valence-corrected chi connectivity index (χ2v) is 4.81. The number of likely N-dealkylation sites (N-methyl/N-ethyl adjacent to an activating group) is 1. The highest BCUT2D eigenvalue weighted by atomic mass is 19.1. The molecule has 1 heterocycles. The zero-order valence-corrected chi connectivity index (χ0v) is 11.6. The molecule has 1 amide bonds. The molecule has 1 aromatic carbocycles. The van der Waals surface area contributed by atoms with Crippen molar-refractivity contribution in [1.29, 1.82) is 0 Å². The SMILES string of the molecule is CCNC(=O)C1COCCN1Cc1ccc(N)cc1F. The van der Waals surface area contributed by atoms with Gasteiger partial charge in [-0.1, -0.05) is 6.07 Å². The highest BCUT2D eigenvalue weighted by Crippen LogP contribution is 2.17. The Labute approximate surface area is 117 Å². The van der Waals surface area contributed by atoms with E-state index in [1.165, 1.54) is 6.07 Å². The summed E-state index contributed by atoms with van der Waals surface area (Å²) in [5, 5.41) is 2.78. The van der Waals surface area contributed by atoms with Crippen molar-refractivity contribution in [3.05, 3.63) is 29.6 Å². The monoisotopic (exact) mass is 281 g/mol. The number of ether oxygens (including phenoxy) is 1. The zero-order valence-electron chi connectivity index (χ0n) is 11.6. The van der Waals surface area contributed by atoms with Gasteiger partial charge in [-0.25, -0.2) is 4.39 Å². The van der Waals surface area contributed by atoms with Crippen LogP contribution in [0.3, 0.4) is 0 Å². The lowest BCUT2D eigenvalue weighted by molar-refractivity contribution is -0.132. The number of morpholine rings is 1. The maximum Gasteiger partial charge on any atom is 0.239 e. The van der Waals surface area contributed by atoms with Crippen LogP contribution in [0.4, 0.5) is 10.1 Å². The number of rotatable bonds is 4. The molecule has 0 spiro atoms. The second kappa shape index (κ2) is 6.67. The van der Waals surface area contributed by atoms with Crippen LogP contribution >= 0.6 is 0 Å². The maximum atomic E-state index is 13.8. The fourth-order valence-corrected chi connectivity index (χ4v) is 2.27. The second-order valence-electron chi connectivity index (χ2n) is 4.81. The third-order valence-corrected chi connectivity index (χ3v) is 3.34. The number of nitrogen functional groups attached to an aromatic ring is 1. The largest absolute Gasteiger partial charge is 0.399 e. The number of hydrogen-bond donors (Lipinski definition) is 2. The number of halogens is 1. The molecule has 3 N–H and O–H groups in total. The van der Waals surface area contributed by atoms with Crippen LogP contribution in [-0.4, -0.2) is 43.2 Å². The van der Waals surface area contributed by atoms with Crippen molar-refractivity contribution < 1.29 is 13.9 Å². The summed E-state index contributed by atoms with van der Waals surface area (Å²) in [7, 11) is 0. The average molecular weight is 281 g/mol. The molecule has 20 heavy (non-hydrogen) atoms. The molecule has 1 atom stereocenters. The molecular weight excluding hydrogens is 261 g/mol. The highest BCUT2D eigenvalue weighted by molar-refractivity contribution is 5.81. The van der Waals surface area contributed by atoms with Gasteiger partial charge < -0.3 is 15.8 Å². The number of nitrogens with one attached hydrogen (secondary N) is 1. The molecule has 110 valence electrons. The van der Waals surface area contributed by atoms with Crippen LogP contribution in [0.15, 0.2) is 18.2 Å². The average Bonchev–Trinajstić information content (AvgIpc) is 2.43. The lowest BCUT2D eigenvalue weighted by atomic mass is 10.1. The van der Waals surface area contributed by atoms with Crippen molar-refractivity contribution in [3.8, 4) is 0 Å². The molecule has 1 saturated heterocycles. The molecule has 0 radical (unpaired) electrons. The lowest BCUT2D eigenvalue weighted by Gasteiger charge is -2.34. The fourth-order valence-electron chi connectivity index (χ4n) is 2.27. The zero-order chi connectivity index (χ0) is 14.5. The molecule has 1 aliphatic rings. The minimum Gasteiger partial charge on any atom is -0.399 e. The third kappa shape index (κ3) is 3.46. The van der Waals surface area contributed by atoms with E-state index in [0.29, 0.717) is 44.1 Å². The van der Waals surface area contributed by atoms with Crippen LogP contribution in [0.5, 0.6) is 0 Å². The molecule has 1 unspecified atom stereocenters. The summed E-state index contributed by atoms with van der Waals surface area (Å²) >= 11 is 0. The van der Waals surface area contributed by atoms with E-state index in [0.717, 1.165) is 0 Å². The number of carbonyl (C=O) groups is 1. The smallest absolute Gasteiger partial charge is 0.239 e. The Balaban J connectivity index is 2.10. The first kappa shape index (κ1) is 14.7. The van der Waals surface area contributed by atoms with Gasteiger partial charge in [0.25, 0.3) is 0 Å². The Kier molecular flexibility index (Phi) is 4.92. The number of benzene rings is 1. The first-order valence-corrected chi connectivity index (χ1v) is 6.75. The van der Waals surface area contributed by atoms with E-state index in [2.05, 4.69) is 5.32 Å². The van der Waals surface area contributed by atoms with E-state index in [-0.39, 0.29) is 17.8 Å². The normalized spacial score (nSPS) is 19.8. The molecule has 5 nitrogen and oxygen atoms in total. The fraction of sp³-hybridized carbons (Fsp3) is 0.500. The summed E-state index contributed by atoms with van der Waals surface area (Å²) in [6.45, 7) is 4.29. The molecule has 0 bridgehead atoms. The lowest BCUT2D eigenvalue weighted by Crippen LogP contribution is -2.53. The maximum absolute atomic E-state index is 13.8. The van der Waals surface area contributed by atoms with Gasteiger partial charge in [0.15, 0.2) is 0 Å². The Hall–Kier alpha value is -1.66. The Morgan fingerprint density at radius 3 is 3.10 bits per heavy atom. The van der Waals surface area contributed by atoms with E-state index in [4.69, 9.17) is 10.5 Å². The minimum absolute atomic E-state index is 0.0805. The first-order chi connectivity index (χ1) is 9.61. The van der Waals surface area contributed by atoms with Crippen molar-refractivity contribution in [1.82, 2.24) is 10.2 Å². The van der Waals surface area contributed by atoms with Crippen LogP contribution in [-0.2, 0) is 16.1 Å². The van der Waals surface area contributed by atoms with E-state index in [1.54, 1.807) is 12.1 Å². The van der Waals surface area contributed by atoms with E-state index in [9.17, 15) is 9.18 Å². The van der Waals surface area contributed by atoms with Gasteiger partial charge in [-0.15, -0.1) is 0 Å². The molecule has 0 saturated carbocycles. The van der Waals surface area contributed by atoms with Gasteiger partial charge in [-0.05, 0) is 19.1 Å². The predicted molar refractivity (Wildman–Crippen MR) is 74.5 cm³/mol. The van der Waals surface area contributed by atoms with Crippen LogP contribution in [0, 0.1) is 5.82 Å². The van der Waals surface area contributed by atoms with Crippen molar-refractivity contribution in [3.63, 3.8) is 0 Å². The summed E-state index contributed by atoms with van der Waals surface area (Å²) in [6.07, 6.45) is 0. The van der Waals surface area contributed by atoms with Crippen molar-refractivity contribution >= 4 is 11.6 Å². The summed E-state index contributed by atoms with van der Waals surface area (Å²) in [5.41, 5.74) is 6.47. The number of nitrogens with two attached hydrogens (primary N) is 1. The molecule has 1 aromatic rings. The summed E-state index contributed by atoms with van der Waals surface area (Å²) < 4.78 is 19.2. The van der Waals surface area contributed by atoms with Gasteiger partial charge in [-0.2, -0.15) is 0 Å². The number of hydrogen-bond acceptors (Lipinski definition) is 4. The standard InChI is InChI=1S/C14H20FN3O2/c1-2-17-14(19)13-9-20-6-5-18(13)8-10-3-4-11(16)7-12(10)15/h3-4,7,13H,2,5-6,8-9,16H2,1H3,(H,17,19).